The maximum absolute atomic E-state index is 13.2. The van der Waals surface area contributed by atoms with Crippen molar-refractivity contribution < 1.29 is 33.6 Å². The van der Waals surface area contributed by atoms with E-state index in [0.717, 1.165) is 11.3 Å². The van der Waals surface area contributed by atoms with Crippen LogP contribution in [-0.4, -0.2) is 55.4 Å². The van der Waals surface area contributed by atoms with E-state index in [9.17, 15) is 14.7 Å². The van der Waals surface area contributed by atoms with Gasteiger partial charge in [-0.05, 0) is 29.8 Å². The zero-order valence-corrected chi connectivity index (χ0v) is 19.6. The molecule has 1 unspecified atom stereocenters. The van der Waals surface area contributed by atoms with Gasteiger partial charge >= 0.3 is 5.91 Å². The molecule has 1 atom stereocenters. The number of amides is 1. The van der Waals surface area contributed by atoms with Crippen LogP contribution < -0.4 is 23.8 Å². The van der Waals surface area contributed by atoms with Gasteiger partial charge in [0.1, 0.15) is 17.0 Å². The number of aliphatic hydroxyl groups excluding tert-OH is 1. The van der Waals surface area contributed by atoms with E-state index in [1.807, 2.05) is 0 Å². The fraction of sp³-hybridized carbons (Fsp3) is 0.217. The summed E-state index contributed by atoms with van der Waals surface area (Å²) in [6.07, 6.45) is 0. The molecule has 0 aliphatic carbocycles. The van der Waals surface area contributed by atoms with Gasteiger partial charge in [-0.1, -0.05) is 23.5 Å². The highest BCUT2D eigenvalue weighted by molar-refractivity contribution is 7.13. The van der Waals surface area contributed by atoms with Gasteiger partial charge in [-0.25, -0.2) is 0 Å². The fourth-order valence-corrected chi connectivity index (χ4v) is 4.39. The Morgan fingerprint density at radius 3 is 2.26 bits per heavy atom. The van der Waals surface area contributed by atoms with Crippen LogP contribution in [0.1, 0.15) is 17.2 Å². The highest BCUT2D eigenvalue weighted by atomic mass is 32.1. The molecule has 0 spiro atoms. The largest absolute Gasteiger partial charge is 0.507 e. The number of ether oxygens (including phenoxy) is 4. The minimum Gasteiger partial charge on any atom is -0.507 e. The summed E-state index contributed by atoms with van der Waals surface area (Å²) in [5, 5.41) is 19.2. The van der Waals surface area contributed by atoms with Gasteiger partial charge in [0, 0.05) is 5.56 Å². The van der Waals surface area contributed by atoms with Gasteiger partial charge in [0.15, 0.2) is 11.5 Å². The molecule has 1 saturated heterocycles. The number of hydrogen-bond donors (Lipinski definition) is 1. The van der Waals surface area contributed by atoms with Gasteiger partial charge in [-0.15, -0.1) is 10.2 Å². The Bertz CT molecular complexity index is 1250. The lowest BCUT2D eigenvalue weighted by Crippen LogP contribution is -2.29. The predicted octanol–water partition coefficient (Wildman–Crippen LogP) is 3.20. The third-order valence-corrected chi connectivity index (χ3v) is 6.03. The van der Waals surface area contributed by atoms with Gasteiger partial charge in [-0.3, -0.25) is 14.5 Å². The van der Waals surface area contributed by atoms with E-state index in [1.165, 1.54) is 38.8 Å². The summed E-state index contributed by atoms with van der Waals surface area (Å²) < 4.78 is 21.5. The first kappa shape index (κ1) is 23.1. The van der Waals surface area contributed by atoms with Crippen LogP contribution in [0.15, 0.2) is 47.5 Å². The van der Waals surface area contributed by atoms with Gasteiger partial charge in [0.2, 0.25) is 10.9 Å². The predicted molar refractivity (Wildman–Crippen MR) is 124 cm³/mol. The summed E-state index contributed by atoms with van der Waals surface area (Å²) in [5.74, 6) is -0.611. The highest BCUT2D eigenvalue weighted by Gasteiger charge is 2.48. The number of carbonyl (C=O) groups is 2. The smallest absolute Gasteiger partial charge is 0.301 e. The second kappa shape index (κ2) is 9.40. The second-order valence-corrected chi connectivity index (χ2v) is 7.89. The number of nitrogens with zero attached hydrogens (tertiary/aromatic N) is 3. The van der Waals surface area contributed by atoms with Crippen molar-refractivity contribution >= 4 is 33.9 Å². The Labute approximate surface area is 199 Å². The minimum atomic E-state index is -1.03. The lowest BCUT2D eigenvalue weighted by Gasteiger charge is -2.24. The molecule has 4 rings (SSSR count). The monoisotopic (exact) mass is 483 g/mol. The fourth-order valence-electron chi connectivity index (χ4n) is 3.80. The lowest BCUT2D eigenvalue weighted by atomic mass is 9.94. The van der Waals surface area contributed by atoms with Crippen LogP contribution >= 0.6 is 11.3 Å². The molecule has 0 radical (unpaired) electrons. The minimum absolute atomic E-state index is 0.122. The highest BCUT2D eigenvalue weighted by Crippen LogP contribution is 2.47. The first-order chi connectivity index (χ1) is 16.4. The van der Waals surface area contributed by atoms with E-state index >= 15 is 0 Å². The third kappa shape index (κ3) is 3.79. The molecular weight excluding hydrogens is 462 g/mol. The van der Waals surface area contributed by atoms with Crippen LogP contribution in [0.2, 0.25) is 0 Å². The number of methoxy groups -OCH3 is 4. The number of anilines is 1. The number of Topliss-reactive ketones (excluding diaryl/α,β-unsaturated/α-hetero) is 1. The first-order valence-corrected chi connectivity index (χ1v) is 10.8. The van der Waals surface area contributed by atoms with E-state index in [2.05, 4.69) is 10.2 Å². The normalized spacial score (nSPS) is 17.1. The molecule has 2 aromatic carbocycles. The van der Waals surface area contributed by atoms with Gasteiger partial charge in [0.25, 0.3) is 5.78 Å². The molecule has 0 saturated carbocycles. The summed E-state index contributed by atoms with van der Waals surface area (Å²) in [7, 11) is 5.87. The molecule has 176 valence electrons. The number of carbonyl (C=O) groups excluding carboxylic acids is 2. The van der Waals surface area contributed by atoms with E-state index in [1.54, 1.807) is 36.4 Å². The number of aliphatic hydroxyl groups is 1. The Balaban J connectivity index is 2.00. The molecule has 34 heavy (non-hydrogen) atoms. The van der Waals surface area contributed by atoms with Crippen molar-refractivity contribution in [3.05, 3.63) is 58.6 Å². The summed E-state index contributed by atoms with van der Waals surface area (Å²) in [5.41, 5.74) is 2.08. The van der Waals surface area contributed by atoms with Crippen LogP contribution in [0.5, 0.6) is 23.0 Å². The average Bonchev–Trinajstić information content (AvgIpc) is 3.49. The van der Waals surface area contributed by atoms with Crippen LogP contribution in [0.4, 0.5) is 5.13 Å². The number of benzene rings is 2. The third-order valence-electron chi connectivity index (χ3n) is 5.35. The Morgan fingerprint density at radius 2 is 1.71 bits per heavy atom. The topological polar surface area (TPSA) is 120 Å². The molecule has 1 aromatic heterocycles. The van der Waals surface area contributed by atoms with Crippen molar-refractivity contribution in [3.63, 3.8) is 0 Å². The summed E-state index contributed by atoms with van der Waals surface area (Å²) in [6.45, 7) is 0. The van der Waals surface area contributed by atoms with Crippen molar-refractivity contribution in [2.24, 2.45) is 0 Å². The Hall–Kier alpha value is -4.12. The van der Waals surface area contributed by atoms with Crippen LogP contribution in [0.25, 0.3) is 5.76 Å². The van der Waals surface area contributed by atoms with Crippen molar-refractivity contribution in [1.29, 1.82) is 0 Å². The molecule has 3 aromatic rings. The zero-order valence-electron chi connectivity index (χ0n) is 18.8. The zero-order chi connectivity index (χ0) is 24.4. The number of hydrogen-bond acceptors (Lipinski definition) is 10. The van der Waals surface area contributed by atoms with Crippen molar-refractivity contribution in [2.75, 3.05) is 33.3 Å². The lowest BCUT2D eigenvalue weighted by molar-refractivity contribution is -0.132. The number of aromatic nitrogens is 2. The van der Waals surface area contributed by atoms with Crippen molar-refractivity contribution in [3.8, 4) is 23.0 Å². The SMILES string of the molecule is COc1cccc(/C(O)=C2\C(=O)C(=O)N(c3nncs3)C2c2cc(OC)c(OC)c(OC)c2)c1. The van der Waals surface area contributed by atoms with Crippen LogP contribution in [0.3, 0.4) is 0 Å². The molecule has 1 N–H and O–H groups in total. The van der Waals surface area contributed by atoms with E-state index in [4.69, 9.17) is 18.9 Å². The molecule has 1 amide bonds. The maximum Gasteiger partial charge on any atom is 0.301 e. The Kier molecular flexibility index (Phi) is 6.37. The molecule has 1 aliphatic rings. The molecule has 2 heterocycles. The van der Waals surface area contributed by atoms with E-state index < -0.39 is 17.7 Å². The summed E-state index contributed by atoms with van der Waals surface area (Å²) in [4.78, 5) is 27.6. The van der Waals surface area contributed by atoms with Crippen LogP contribution in [0, 0.1) is 0 Å². The van der Waals surface area contributed by atoms with Crippen molar-refractivity contribution in [2.45, 2.75) is 6.04 Å². The molecule has 1 fully saturated rings. The van der Waals surface area contributed by atoms with Crippen LogP contribution in [-0.2, 0) is 9.59 Å². The maximum atomic E-state index is 13.2. The van der Waals surface area contributed by atoms with Gasteiger partial charge < -0.3 is 24.1 Å². The van der Waals surface area contributed by atoms with E-state index in [0.29, 0.717) is 34.1 Å². The number of ketones is 1. The average molecular weight is 484 g/mol. The second-order valence-electron chi connectivity index (χ2n) is 7.08. The van der Waals surface area contributed by atoms with Crippen molar-refractivity contribution in [1.82, 2.24) is 10.2 Å². The Morgan fingerprint density at radius 1 is 1.00 bits per heavy atom. The quantitative estimate of drug-likeness (QED) is 0.307. The first-order valence-electron chi connectivity index (χ1n) is 9.96. The molecule has 1 aliphatic heterocycles. The molecule has 11 heteroatoms. The summed E-state index contributed by atoms with van der Waals surface area (Å²) >= 11 is 1.09. The number of rotatable bonds is 7. The molecule has 10 nitrogen and oxygen atoms in total. The molecular formula is C23H21N3O7S. The van der Waals surface area contributed by atoms with Gasteiger partial charge in [-0.2, -0.15) is 0 Å². The molecule has 0 bridgehead atoms. The standard InChI is InChI=1S/C23H21N3O7S/c1-30-14-7-5-6-12(8-14)19(27)17-18(26(22(29)20(17)28)23-25-24-11-34-23)13-9-15(31-2)21(33-4)16(10-13)32-3/h5-11,18,27H,1-4H3/b19-17+. The summed E-state index contributed by atoms with van der Waals surface area (Å²) in [6, 6.07) is 8.75. The van der Waals surface area contributed by atoms with Gasteiger partial charge in [0.05, 0.1) is 40.1 Å². The van der Waals surface area contributed by atoms with E-state index in [-0.39, 0.29) is 16.5 Å².